The van der Waals surface area contributed by atoms with E-state index in [1.807, 2.05) is 6.07 Å². The second-order valence-electron chi connectivity index (χ2n) is 5.12. The molecule has 2 amide bonds. The number of halogens is 2. The van der Waals surface area contributed by atoms with Crippen molar-refractivity contribution in [3.63, 3.8) is 0 Å². The lowest BCUT2D eigenvalue weighted by molar-refractivity contribution is -0.117. The second kappa shape index (κ2) is 6.89. The number of phenols is 1. The summed E-state index contributed by atoms with van der Waals surface area (Å²) in [6.07, 6.45) is 1.44. The predicted molar refractivity (Wildman–Crippen MR) is 100 cm³/mol. The number of nitrogens with one attached hydrogen (secondary N) is 1. The molecule has 25 heavy (non-hydrogen) atoms. The summed E-state index contributed by atoms with van der Waals surface area (Å²) in [4.78, 5) is 24.8. The van der Waals surface area contributed by atoms with Gasteiger partial charge in [-0.25, -0.2) is 5.01 Å². The zero-order valence-electron chi connectivity index (χ0n) is 12.9. The Morgan fingerprint density at radius 3 is 2.48 bits per heavy atom. The van der Waals surface area contributed by atoms with Gasteiger partial charge in [-0.15, -0.1) is 0 Å². The Morgan fingerprint density at radius 2 is 1.84 bits per heavy atom. The van der Waals surface area contributed by atoms with Crippen LogP contribution < -0.4 is 15.2 Å². The number of rotatable bonds is 3. The topological polar surface area (TPSA) is 78.9 Å². The molecule has 1 saturated heterocycles. The summed E-state index contributed by atoms with van der Waals surface area (Å²) in [5.41, 5.74) is 3.58. The number of anilines is 1. The fraction of sp³-hybridized carbons (Fsp3) is 0.0588. The molecule has 1 aliphatic heterocycles. The molecule has 1 heterocycles. The second-order valence-corrected chi connectivity index (χ2v) is 6.71. The van der Waals surface area contributed by atoms with Crippen molar-refractivity contribution < 1.29 is 19.4 Å². The molecular formula is C17H12Br2N2O4. The molecule has 0 aromatic heterocycles. The van der Waals surface area contributed by atoms with Crippen LogP contribution in [-0.4, -0.2) is 24.0 Å². The van der Waals surface area contributed by atoms with Crippen molar-refractivity contribution >= 4 is 55.4 Å². The molecule has 0 bridgehead atoms. The van der Waals surface area contributed by atoms with Gasteiger partial charge in [0, 0.05) is 4.47 Å². The number of methoxy groups -OCH3 is 1. The maximum Gasteiger partial charge on any atom is 0.282 e. The number of hydrazine groups is 1. The van der Waals surface area contributed by atoms with Crippen molar-refractivity contribution in [2.24, 2.45) is 0 Å². The van der Waals surface area contributed by atoms with Crippen LogP contribution in [0.1, 0.15) is 5.56 Å². The molecule has 0 radical (unpaired) electrons. The summed E-state index contributed by atoms with van der Waals surface area (Å²) in [5, 5.41) is 11.2. The molecule has 128 valence electrons. The summed E-state index contributed by atoms with van der Waals surface area (Å²) in [5.74, 6) is -0.840. The first kappa shape index (κ1) is 17.5. The minimum atomic E-state index is -0.510. The van der Waals surface area contributed by atoms with Crippen LogP contribution in [0.25, 0.3) is 6.08 Å². The number of benzene rings is 2. The SMILES string of the molecule is COc1cc(/C=C2/C(=O)NN(c3ccccc3)C2=O)c(Br)c(Br)c1O. The van der Waals surface area contributed by atoms with E-state index in [0.717, 1.165) is 0 Å². The van der Waals surface area contributed by atoms with Crippen molar-refractivity contribution in [3.05, 3.63) is 56.5 Å². The van der Waals surface area contributed by atoms with Gasteiger partial charge in [-0.05, 0) is 61.7 Å². The lowest BCUT2D eigenvalue weighted by Gasteiger charge is -2.14. The molecule has 0 unspecified atom stereocenters. The van der Waals surface area contributed by atoms with E-state index in [2.05, 4.69) is 37.3 Å². The molecule has 0 atom stereocenters. The number of carbonyl (C=O) groups is 2. The van der Waals surface area contributed by atoms with Gasteiger partial charge in [0.25, 0.3) is 11.8 Å². The van der Waals surface area contributed by atoms with Crippen LogP contribution in [0.4, 0.5) is 5.69 Å². The fourth-order valence-corrected chi connectivity index (χ4v) is 3.19. The van der Waals surface area contributed by atoms with Crippen LogP contribution in [-0.2, 0) is 9.59 Å². The lowest BCUT2D eigenvalue weighted by atomic mass is 10.1. The van der Waals surface area contributed by atoms with Gasteiger partial charge in [0.15, 0.2) is 11.5 Å². The lowest BCUT2D eigenvalue weighted by Crippen LogP contribution is -2.35. The smallest absolute Gasteiger partial charge is 0.282 e. The third-order valence-corrected chi connectivity index (χ3v) is 5.76. The van der Waals surface area contributed by atoms with Crippen molar-refractivity contribution in [1.82, 2.24) is 5.43 Å². The zero-order chi connectivity index (χ0) is 18.1. The molecule has 0 saturated carbocycles. The van der Waals surface area contributed by atoms with E-state index in [4.69, 9.17) is 4.74 Å². The molecule has 2 N–H and O–H groups in total. The van der Waals surface area contributed by atoms with Gasteiger partial charge in [-0.3, -0.25) is 15.0 Å². The van der Waals surface area contributed by atoms with E-state index in [0.29, 0.717) is 20.2 Å². The highest BCUT2D eigenvalue weighted by Gasteiger charge is 2.34. The Morgan fingerprint density at radius 1 is 1.16 bits per heavy atom. The summed E-state index contributed by atoms with van der Waals surface area (Å²) in [6.45, 7) is 0. The van der Waals surface area contributed by atoms with Gasteiger partial charge in [0.1, 0.15) is 5.57 Å². The Kier molecular flexibility index (Phi) is 4.82. The Bertz CT molecular complexity index is 897. The first-order valence-electron chi connectivity index (χ1n) is 7.11. The van der Waals surface area contributed by atoms with Crippen LogP contribution in [0.2, 0.25) is 0 Å². The molecule has 6 nitrogen and oxygen atoms in total. The van der Waals surface area contributed by atoms with Crippen molar-refractivity contribution in [2.75, 3.05) is 12.1 Å². The average Bonchev–Trinajstić information content (AvgIpc) is 2.91. The van der Waals surface area contributed by atoms with Gasteiger partial charge in [0.05, 0.1) is 17.3 Å². The van der Waals surface area contributed by atoms with E-state index >= 15 is 0 Å². The summed E-state index contributed by atoms with van der Waals surface area (Å²) < 4.78 is 5.97. The van der Waals surface area contributed by atoms with Crippen LogP contribution in [0.15, 0.2) is 50.9 Å². The zero-order valence-corrected chi connectivity index (χ0v) is 16.1. The van der Waals surface area contributed by atoms with Crippen molar-refractivity contribution in [2.45, 2.75) is 0 Å². The van der Waals surface area contributed by atoms with Crippen LogP contribution >= 0.6 is 31.9 Å². The van der Waals surface area contributed by atoms with E-state index < -0.39 is 11.8 Å². The number of phenolic OH excluding ortho intramolecular Hbond substituents is 1. The minimum absolute atomic E-state index is 0.0239. The maximum absolute atomic E-state index is 12.6. The Hall–Kier alpha value is -2.32. The van der Waals surface area contributed by atoms with Gasteiger partial charge in [0.2, 0.25) is 0 Å². The van der Waals surface area contributed by atoms with Crippen molar-refractivity contribution in [3.8, 4) is 11.5 Å². The largest absolute Gasteiger partial charge is 0.503 e. The summed E-state index contributed by atoms with van der Waals surface area (Å²) in [6, 6.07) is 10.3. The highest BCUT2D eigenvalue weighted by Crippen LogP contribution is 2.42. The molecule has 0 aliphatic carbocycles. The maximum atomic E-state index is 12.6. The van der Waals surface area contributed by atoms with Crippen LogP contribution in [0.5, 0.6) is 11.5 Å². The predicted octanol–water partition coefficient (Wildman–Crippen LogP) is 3.39. The third kappa shape index (κ3) is 3.14. The van der Waals surface area contributed by atoms with E-state index in [1.165, 1.54) is 24.3 Å². The highest BCUT2D eigenvalue weighted by atomic mass is 79.9. The Labute approximate surface area is 160 Å². The van der Waals surface area contributed by atoms with Crippen LogP contribution in [0, 0.1) is 0 Å². The van der Waals surface area contributed by atoms with E-state index in [-0.39, 0.29) is 17.1 Å². The average molecular weight is 468 g/mol. The monoisotopic (exact) mass is 466 g/mol. The number of hydrogen-bond acceptors (Lipinski definition) is 4. The molecule has 3 rings (SSSR count). The number of nitrogens with zero attached hydrogens (tertiary/aromatic N) is 1. The van der Waals surface area contributed by atoms with Gasteiger partial charge < -0.3 is 9.84 Å². The van der Waals surface area contributed by atoms with Crippen molar-refractivity contribution in [1.29, 1.82) is 0 Å². The van der Waals surface area contributed by atoms with Crippen LogP contribution in [0.3, 0.4) is 0 Å². The highest BCUT2D eigenvalue weighted by molar-refractivity contribution is 9.13. The molecule has 2 aromatic rings. The van der Waals surface area contributed by atoms with E-state index in [9.17, 15) is 14.7 Å². The quantitative estimate of drug-likeness (QED) is 0.535. The number of hydrogen-bond donors (Lipinski definition) is 2. The molecule has 0 spiro atoms. The molecule has 2 aromatic carbocycles. The van der Waals surface area contributed by atoms with Gasteiger partial charge in [-0.1, -0.05) is 18.2 Å². The molecule has 8 heteroatoms. The molecule has 1 aliphatic rings. The number of aromatic hydroxyl groups is 1. The van der Waals surface area contributed by atoms with Gasteiger partial charge in [-0.2, -0.15) is 0 Å². The number of para-hydroxylation sites is 1. The molecule has 1 fully saturated rings. The standard InChI is InChI=1S/C17H12Br2N2O4/c1-25-12-8-9(13(18)14(19)15(12)22)7-11-16(23)20-21(17(11)24)10-5-3-2-4-6-10/h2-8,22H,1H3,(H,20,23)/b11-7-. The number of amides is 2. The third-order valence-electron chi connectivity index (χ3n) is 3.60. The number of carbonyl (C=O) groups excluding carboxylic acids is 2. The first-order chi connectivity index (χ1) is 11.9. The van der Waals surface area contributed by atoms with Gasteiger partial charge >= 0.3 is 0 Å². The Balaban J connectivity index is 2.04. The number of ether oxygens (including phenoxy) is 1. The minimum Gasteiger partial charge on any atom is -0.503 e. The molecular weight excluding hydrogens is 456 g/mol. The summed E-state index contributed by atoms with van der Waals surface area (Å²) >= 11 is 6.59. The van der Waals surface area contributed by atoms with E-state index in [1.54, 1.807) is 24.3 Å². The summed E-state index contributed by atoms with van der Waals surface area (Å²) in [7, 11) is 1.41. The normalized spacial score (nSPS) is 15.6. The first-order valence-corrected chi connectivity index (χ1v) is 8.69. The fourth-order valence-electron chi connectivity index (χ4n) is 2.34.